The highest BCUT2D eigenvalue weighted by Crippen LogP contribution is 2.29. The Bertz CT molecular complexity index is 1430. The van der Waals surface area contributed by atoms with Crippen LogP contribution < -0.4 is 16.0 Å². The second kappa shape index (κ2) is 19.5. The van der Waals surface area contributed by atoms with Crippen LogP contribution in [0, 0.1) is 17.8 Å². The van der Waals surface area contributed by atoms with E-state index >= 15 is 0 Å². The normalized spacial score (nSPS) is 18.6. The summed E-state index contributed by atoms with van der Waals surface area (Å²) in [6.07, 6.45) is 3.49. The highest BCUT2D eigenvalue weighted by Gasteiger charge is 2.34. The van der Waals surface area contributed by atoms with Crippen LogP contribution >= 0.6 is 11.3 Å². The van der Waals surface area contributed by atoms with E-state index in [-0.39, 0.29) is 48.2 Å². The third-order valence-corrected chi connectivity index (χ3v) is 10.5. The number of carboxylic acid groups (broad SMARTS) is 1. The second-order valence-electron chi connectivity index (χ2n) is 14.0. The van der Waals surface area contributed by atoms with Crippen molar-refractivity contribution < 1.29 is 33.8 Å². The van der Waals surface area contributed by atoms with E-state index in [1.54, 1.807) is 12.3 Å². The van der Waals surface area contributed by atoms with E-state index in [1.165, 1.54) is 18.3 Å². The molecule has 7 atom stereocenters. The minimum Gasteiger partial charge on any atom is -0.481 e. The van der Waals surface area contributed by atoms with Gasteiger partial charge in [-0.25, -0.2) is 4.98 Å². The number of nitrogens with zero attached hydrogens (tertiary/aromatic N) is 2. The molecule has 50 heavy (non-hydrogen) atoms. The highest BCUT2D eigenvalue weighted by atomic mass is 32.1. The smallest absolute Gasteiger partial charge is 0.306 e. The van der Waals surface area contributed by atoms with Gasteiger partial charge in [0, 0.05) is 30.8 Å². The molecule has 3 amide bonds. The maximum Gasteiger partial charge on any atom is 0.306 e. The number of esters is 1. The van der Waals surface area contributed by atoms with E-state index in [1.807, 2.05) is 70.0 Å². The number of benzene rings is 1. The van der Waals surface area contributed by atoms with Crippen LogP contribution in [0.3, 0.4) is 0 Å². The molecular weight excluding hydrogens is 659 g/mol. The Hall–Kier alpha value is -3.84. The van der Waals surface area contributed by atoms with Crippen LogP contribution in [0.2, 0.25) is 0 Å². The number of carboxylic acids is 1. The number of hydrogen-bond donors (Lipinski definition) is 4. The van der Waals surface area contributed by atoms with E-state index in [0.29, 0.717) is 17.8 Å². The van der Waals surface area contributed by atoms with Crippen molar-refractivity contribution in [3.63, 3.8) is 0 Å². The number of thiazole rings is 1. The molecule has 2 aromatic rings. The number of ether oxygens (including phenoxy) is 1. The molecule has 0 radical (unpaired) electrons. The van der Waals surface area contributed by atoms with Crippen LogP contribution in [0.4, 0.5) is 0 Å². The fraction of sp³-hybridized carbons (Fsp3) is 0.622. The van der Waals surface area contributed by atoms with E-state index < -0.39 is 48.0 Å². The van der Waals surface area contributed by atoms with Gasteiger partial charge in [-0.1, -0.05) is 77.8 Å². The largest absolute Gasteiger partial charge is 0.481 e. The van der Waals surface area contributed by atoms with Crippen LogP contribution in [0.5, 0.6) is 0 Å². The zero-order valence-corrected chi connectivity index (χ0v) is 31.3. The first-order valence-corrected chi connectivity index (χ1v) is 18.6. The zero-order chi connectivity index (χ0) is 37.0. The van der Waals surface area contributed by atoms with Crippen molar-refractivity contribution in [2.75, 3.05) is 13.6 Å². The number of piperidine rings is 1. The van der Waals surface area contributed by atoms with Crippen molar-refractivity contribution in [2.45, 2.75) is 117 Å². The summed E-state index contributed by atoms with van der Waals surface area (Å²) in [6.45, 7) is 11.6. The fourth-order valence-electron chi connectivity index (χ4n) is 6.18. The van der Waals surface area contributed by atoms with Crippen molar-refractivity contribution in [1.82, 2.24) is 25.8 Å². The molecule has 0 unspecified atom stereocenters. The molecule has 1 saturated heterocycles. The molecule has 1 aliphatic rings. The van der Waals surface area contributed by atoms with Gasteiger partial charge in [-0.15, -0.1) is 11.3 Å². The average Bonchev–Trinajstić information content (AvgIpc) is 3.57. The maximum absolute atomic E-state index is 13.8. The molecule has 1 aromatic carbocycles. The lowest BCUT2D eigenvalue weighted by molar-refractivity contribution is -0.147. The van der Waals surface area contributed by atoms with Crippen molar-refractivity contribution in [2.24, 2.45) is 17.8 Å². The SMILES string of the molecule is CC[C@H](C)[C@H](NC(=O)[C@H]1CCCCN1C)C(=O)N[C@H](C[C@H](OC(C)=O)c1nc(C(=O)N[C@H](Cc2ccccc2)C[C@@H](C)C(=O)O)cs1)C(C)C. The van der Waals surface area contributed by atoms with Crippen molar-refractivity contribution in [3.8, 4) is 0 Å². The van der Waals surface area contributed by atoms with Crippen LogP contribution in [-0.2, 0) is 30.3 Å². The number of carbonyl (C=O) groups excluding carboxylic acids is 4. The molecule has 1 aliphatic heterocycles. The van der Waals surface area contributed by atoms with Gasteiger partial charge in [-0.2, -0.15) is 0 Å². The number of nitrogens with one attached hydrogen (secondary N) is 3. The average molecular weight is 714 g/mol. The number of aromatic nitrogens is 1. The Labute approximate surface area is 300 Å². The number of aliphatic carboxylic acids is 1. The molecule has 2 heterocycles. The van der Waals surface area contributed by atoms with Crippen molar-refractivity contribution in [1.29, 1.82) is 0 Å². The second-order valence-corrected chi connectivity index (χ2v) is 14.9. The van der Waals surface area contributed by atoms with Crippen LogP contribution in [0.1, 0.15) is 107 Å². The van der Waals surface area contributed by atoms with Gasteiger partial charge >= 0.3 is 11.9 Å². The minimum absolute atomic E-state index is 0.0625. The summed E-state index contributed by atoms with van der Waals surface area (Å²) >= 11 is 1.17. The number of amides is 3. The summed E-state index contributed by atoms with van der Waals surface area (Å²) < 4.78 is 5.70. The predicted octanol–water partition coefficient (Wildman–Crippen LogP) is 4.75. The van der Waals surface area contributed by atoms with Crippen molar-refractivity contribution >= 4 is 41.0 Å². The fourth-order valence-corrected chi connectivity index (χ4v) is 7.02. The number of hydrogen-bond acceptors (Lipinski definition) is 9. The summed E-state index contributed by atoms with van der Waals surface area (Å²) in [4.78, 5) is 70.9. The predicted molar refractivity (Wildman–Crippen MR) is 192 cm³/mol. The van der Waals surface area contributed by atoms with Gasteiger partial charge < -0.3 is 25.8 Å². The van der Waals surface area contributed by atoms with Crippen LogP contribution in [-0.4, -0.2) is 82.4 Å². The summed E-state index contributed by atoms with van der Waals surface area (Å²) in [5.41, 5.74) is 1.09. The Morgan fingerprint density at radius 2 is 1.72 bits per heavy atom. The lowest BCUT2D eigenvalue weighted by atomic mass is 9.94. The highest BCUT2D eigenvalue weighted by molar-refractivity contribution is 7.09. The topological polar surface area (TPSA) is 167 Å². The lowest BCUT2D eigenvalue weighted by Crippen LogP contribution is -2.57. The Morgan fingerprint density at radius 3 is 2.32 bits per heavy atom. The monoisotopic (exact) mass is 713 g/mol. The molecule has 13 heteroatoms. The Kier molecular flexibility index (Phi) is 15.8. The van der Waals surface area contributed by atoms with Gasteiger partial charge in [0.15, 0.2) is 6.10 Å². The zero-order valence-electron chi connectivity index (χ0n) is 30.4. The van der Waals surface area contributed by atoms with E-state index in [9.17, 15) is 29.1 Å². The first-order chi connectivity index (χ1) is 23.7. The number of carbonyl (C=O) groups is 5. The van der Waals surface area contributed by atoms with Gasteiger partial charge in [0.05, 0.1) is 12.0 Å². The van der Waals surface area contributed by atoms with Gasteiger partial charge in [0.25, 0.3) is 5.91 Å². The van der Waals surface area contributed by atoms with Crippen LogP contribution in [0.15, 0.2) is 35.7 Å². The van der Waals surface area contributed by atoms with Gasteiger partial charge in [-0.3, -0.25) is 28.9 Å². The van der Waals surface area contributed by atoms with Crippen LogP contribution in [0.25, 0.3) is 0 Å². The molecule has 0 aliphatic carbocycles. The summed E-state index contributed by atoms with van der Waals surface area (Å²) in [5.74, 6) is -3.24. The third-order valence-electron chi connectivity index (χ3n) is 9.52. The molecule has 3 rings (SSSR count). The summed E-state index contributed by atoms with van der Waals surface area (Å²) in [5, 5.41) is 20.6. The Balaban J connectivity index is 1.76. The standard InChI is InChI=1S/C37H55N5O7S/c1-8-23(4)32(41-34(45)30-16-12-13-17-42(30)7)35(46)39-28(22(2)3)20-31(49-25(6)43)36-40-29(21-50-36)33(44)38-27(18-24(5)37(47)48)19-26-14-10-9-11-15-26/h9-11,14-15,21-24,27-28,30-32H,8,12-13,16-20H2,1-7H3,(H,38,44)(H,39,46)(H,41,45)(H,47,48)/t23-,24+,27-,28+,30+,31-,32-/m0/s1. The first-order valence-electron chi connectivity index (χ1n) is 17.7. The van der Waals surface area contributed by atoms with E-state index in [2.05, 4.69) is 20.9 Å². The van der Waals surface area contributed by atoms with Crippen molar-refractivity contribution in [3.05, 3.63) is 52.0 Å². The number of likely N-dealkylation sites (tertiary alicyclic amines) is 1. The number of likely N-dealkylation sites (N-methyl/N-ethyl adjacent to an activating group) is 1. The summed E-state index contributed by atoms with van der Waals surface area (Å²) in [6, 6.07) is 7.61. The lowest BCUT2D eigenvalue weighted by Gasteiger charge is -2.34. The van der Waals surface area contributed by atoms with Gasteiger partial charge in [0.2, 0.25) is 11.8 Å². The molecule has 276 valence electrons. The maximum atomic E-state index is 13.8. The molecule has 0 bridgehead atoms. The third kappa shape index (κ3) is 12.2. The minimum atomic E-state index is -0.945. The number of rotatable bonds is 18. The Morgan fingerprint density at radius 1 is 1.02 bits per heavy atom. The molecule has 12 nitrogen and oxygen atoms in total. The van der Waals surface area contributed by atoms with E-state index in [4.69, 9.17) is 4.74 Å². The molecule has 0 spiro atoms. The quantitative estimate of drug-likeness (QED) is 0.160. The van der Waals surface area contributed by atoms with E-state index in [0.717, 1.165) is 31.4 Å². The van der Waals surface area contributed by atoms with Gasteiger partial charge in [0.1, 0.15) is 16.7 Å². The van der Waals surface area contributed by atoms with Gasteiger partial charge in [-0.05, 0) is 56.7 Å². The molecule has 1 aromatic heterocycles. The molecule has 4 N–H and O–H groups in total. The molecule has 1 fully saturated rings. The first kappa shape index (κ1) is 40.6. The summed E-state index contributed by atoms with van der Waals surface area (Å²) in [7, 11) is 1.93. The molecular formula is C37H55N5O7S. The molecule has 0 saturated carbocycles.